The van der Waals surface area contributed by atoms with Gasteiger partial charge in [-0.05, 0) is 37.1 Å². The van der Waals surface area contributed by atoms with Crippen LogP contribution in [0.15, 0.2) is 53.0 Å². The minimum atomic E-state index is 0.0156. The monoisotopic (exact) mass is 375 g/mol. The van der Waals surface area contributed by atoms with E-state index >= 15 is 0 Å². The number of hydrogen-bond donors (Lipinski definition) is 2. The second kappa shape index (κ2) is 8.27. The van der Waals surface area contributed by atoms with Crippen LogP contribution in [0.5, 0.6) is 0 Å². The lowest BCUT2D eigenvalue weighted by Crippen LogP contribution is -3.09. The molecular formula is C19H24BrN2O+. The summed E-state index contributed by atoms with van der Waals surface area (Å²) in [4.78, 5) is 13.4. The summed E-state index contributed by atoms with van der Waals surface area (Å²) in [5.41, 5.74) is 3.67. The molecule has 0 fully saturated rings. The topological polar surface area (TPSA) is 33.5 Å². The average molecular weight is 376 g/mol. The van der Waals surface area contributed by atoms with Gasteiger partial charge in [-0.25, -0.2) is 0 Å². The van der Waals surface area contributed by atoms with Crippen molar-refractivity contribution in [2.24, 2.45) is 0 Å². The Morgan fingerprint density at radius 3 is 2.48 bits per heavy atom. The van der Waals surface area contributed by atoms with Crippen LogP contribution in [0.3, 0.4) is 0 Å². The van der Waals surface area contributed by atoms with Gasteiger partial charge in [-0.15, -0.1) is 0 Å². The molecule has 0 aliphatic heterocycles. The molecule has 0 saturated carbocycles. The molecule has 2 aromatic rings. The van der Waals surface area contributed by atoms with Crippen LogP contribution in [-0.2, 0) is 11.3 Å². The summed E-state index contributed by atoms with van der Waals surface area (Å²) in [5, 5.41) is 3.07. The summed E-state index contributed by atoms with van der Waals surface area (Å²) in [5.74, 6) is 0.0755. The van der Waals surface area contributed by atoms with Crippen molar-refractivity contribution in [2.45, 2.75) is 26.4 Å². The normalized spacial score (nSPS) is 13.4. The molecule has 1 unspecified atom stereocenters. The number of aryl methyl sites for hydroxylation is 1. The zero-order valence-corrected chi connectivity index (χ0v) is 15.5. The number of halogens is 1. The quantitative estimate of drug-likeness (QED) is 0.799. The minimum Gasteiger partial charge on any atom is -0.345 e. The van der Waals surface area contributed by atoms with Gasteiger partial charge >= 0.3 is 0 Å². The molecule has 23 heavy (non-hydrogen) atoms. The molecule has 0 spiro atoms. The smallest absolute Gasteiger partial charge is 0.275 e. The van der Waals surface area contributed by atoms with Gasteiger partial charge in [-0.1, -0.05) is 52.3 Å². The molecule has 2 atom stereocenters. The number of carbonyl (C=O) groups is 1. The molecule has 2 rings (SSSR count). The molecule has 0 aromatic heterocycles. The molecule has 3 nitrogen and oxygen atoms in total. The fourth-order valence-electron chi connectivity index (χ4n) is 2.60. The first-order valence-corrected chi connectivity index (χ1v) is 8.65. The van der Waals surface area contributed by atoms with Crippen molar-refractivity contribution >= 4 is 21.8 Å². The molecule has 2 N–H and O–H groups in total. The molecule has 0 heterocycles. The molecule has 0 aliphatic carbocycles. The maximum atomic E-state index is 12.2. The van der Waals surface area contributed by atoms with Crippen molar-refractivity contribution in [3.8, 4) is 0 Å². The van der Waals surface area contributed by atoms with Gasteiger partial charge in [-0.3, -0.25) is 4.79 Å². The number of benzene rings is 2. The number of carbonyl (C=O) groups excluding carboxylic acids is 1. The van der Waals surface area contributed by atoms with E-state index in [-0.39, 0.29) is 11.9 Å². The van der Waals surface area contributed by atoms with Crippen LogP contribution >= 0.6 is 15.9 Å². The Bertz CT molecular complexity index is 655. The number of likely N-dealkylation sites (N-methyl/N-ethyl adjacent to an activating group) is 1. The van der Waals surface area contributed by atoms with E-state index in [4.69, 9.17) is 0 Å². The van der Waals surface area contributed by atoms with Crippen molar-refractivity contribution in [1.29, 1.82) is 0 Å². The summed E-state index contributed by atoms with van der Waals surface area (Å²) in [7, 11) is 2.05. The Balaban J connectivity index is 1.86. The van der Waals surface area contributed by atoms with E-state index in [0.717, 1.165) is 16.6 Å². The summed E-state index contributed by atoms with van der Waals surface area (Å²) >= 11 is 3.42. The van der Waals surface area contributed by atoms with Gasteiger partial charge in [0, 0.05) is 10.0 Å². The number of nitrogens with one attached hydrogen (secondary N) is 2. The number of quaternary nitrogens is 1. The summed E-state index contributed by atoms with van der Waals surface area (Å²) in [6.07, 6.45) is 0. The van der Waals surface area contributed by atoms with E-state index in [1.54, 1.807) is 0 Å². The number of rotatable bonds is 6. The Hall–Kier alpha value is -1.65. The van der Waals surface area contributed by atoms with Gasteiger partial charge in [0.25, 0.3) is 5.91 Å². The lowest BCUT2D eigenvalue weighted by atomic mass is 10.1. The standard InChI is InChI=1S/C19H23BrN2O/c1-14-6-4-5-7-17(14)12-22(3)13-19(23)21-15(2)16-8-10-18(20)11-9-16/h4-11,15H,12-13H2,1-3H3,(H,21,23)/p+1/t15-/m1/s1. The first kappa shape index (κ1) is 17.7. The Morgan fingerprint density at radius 2 is 1.83 bits per heavy atom. The highest BCUT2D eigenvalue weighted by Crippen LogP contribution is 2.16. The third-order valence-electron chi connectivity index (χ3n) is 3.96. The molecule has 1 amide bonds. The Kier molecular flexibility index (Phi) is 6.37. The predicted molar refractivity (Wildman–Crippen MR) is 97.3 cm³/mol. The lowest BCUT2D eigenvalue weighted by Gasteiger charge is -2.18. The molecule has 122 valence electrons. The average Bonchev–Trinajstić information content (AvgIpc) is 2.50. The van der Waals surface area contributed by atoms with E-state index in [0.29, 0.717) is 6.54 Å². The third kappa shape index (κ3) is 5.48. The molecule has 4 heteroatoms. The highest BCUT2D eigenvalue weighted by molar-refractivity contribution is 9.10. The zero-order chi connectivity index (χ0) is 16.8. The van der Waals surface area contributed by atoms with Crippen LogP contribution in [-0.4, -0.2) is 19.5 Å². The van der Waals surface area contributed by atoms with Gasteiger partial charge in [0.2, 0.25) is 0 Å². The van der Waals surface area contributed by atoms with E-state index in [1.165, 1.54) is 16.0 Å². The maximum Gasteiger partial charge on any atom is 0.275 e. The second-order valence-corrected chi connectivity index (χ2v) is 6.99. The fourth-order valence-corrected chi connectivity index (χ4v) is 2.86. The van der Waals surface area contributed by atoms with E-state index < -0.39 is 0 Å². The third-order valence-corrected chi connectivity index (χ3v) is 4.49. The van der Waals surface area contributed by atoms with Crippen molar-refractivity contribution < 1.29 is 9.69 Å². The number of hydrogen-bond acceptors (Lipinski definition) is 1. The van der Waals surface area contributed by atoms with Crippen LogP contribution in [0.1, 0.15) is 29.7 Å². The first-order chi connectivity index (χ1) is 11.0. The van der Waals surface area contributed by atoms with Gasteiger partial charge in [-0.2, -0.15) is 0 Å². The fraction of sp³-hybridized carbons (Fsp3) is 0.316. The zero-order valence-electron chi connectivity index (χ0n) is 13.9. The van der Waals surface area contributed by atoms with Crippen LogP contribution in [0.2, 0.25) is 0 Å². The molecule has 2 aromatic carbocycles. The van der Waals surface area contributed by atoms with Crippen molar-refractivity contribution in [2.75, 3.05) is 13.6 Å². The summed E-state index contributed by atoms with van der Waals surface area (Å²) in [6.45, 7) is 5.44. The summed E-state index contributed by atoms with van der Waals surface area (Å²) in [6, 6.07) is 16.4. The van der Waals surface area contributed by atoms with E-state index in [2.05, 4.69) is 47.4 Å². The van der Waals surface area contributed by atoms with E-state index in [1.807, 2.05) is 43.3 Å². The molecular weight excluding hydrogens is 352 g/mol. The first-order valence-electron chi connectivity index (χ1n) is 7.86. The molecule has 0 radical (unpaired) electrons. The van der Waals surface area contributed by atoms with Crippen molar-refractivity contribution in [3.63, 3.8) is 0 Å². The predicted octanol–water partition coefficient (Wildman–Crippen LogP) is 2.65. The second-order valence-electron chi connectivity index (χ2n) is 6.08. The van der Waals surface area contributed by atoms with Crippen LogP contribution in [0.25, 0.3) is 0 Å². The van der Waals surface area contributed by atoms with Gasteiger partial charge < -0.3 is 10.2 Å². The van der Waals surface area contributed by atoms with Crippen LogP contribution < -0.4 is 10.2 Å². The van der Waals surface area contributed by atoms with Gasteiger partial charge in [0.15, 0.2) is 6.54 Å². The van der Waals surface area contributed by atoms with Gasteiger partial charge in [0.1, 0.15) is 6.54 Å². The molecule has 0 aliphatic rings. The Morgan fingerprint density at radius 1 is 1.17 bits per heavy atom. The largest absolute Gasteiger partial charge is 0.345 e. The SMILES string of the molecule is Cc1ccccc1C[NH+](C)CC(=O)N[C@H](C)c1ccc(Br)cc1. The molecule has 0 saturated heterocycles. The van der Waals surface area contributed by atoms with E-state index in [9.17, 15) is 4.79 Å². The van der Waals surface area contributed by atoms with Crippen LogP contribution in [0.4, 0.5) is 0 Å². The molecule has 0 bridgehead atoms. The maximum absolute atomic E-state index is 12.2. The van der Waals surface area contributed by atoms with Crippen LogP contribution in [0, 0.1) is 6.92 Å². The van der Waals surface area contributed by atoms with Gasteiger partial charge in [0.05, 0.1) is 13.1 Å². The minimum absolute atomic E-state index is 0.0156. The summed E-state index contributed by atoms with van der Waals surface area (Å²) < 4.78 is 1.04. The lowest BCUT2D eigenvalue weighted by molar-refractivity contribution is -0.885. The van der Waals surface area contributed by atoms with Crippen molar-refractivity contribution in [3.05, 3.63) is 69.7 Å². The Labute approximate surface area is 146 Å². The number of amides is 1. The highest BCUT2D eigenvalue weighted by Gasteiger charge is 2.14. The highest BCUT2D eigenvalue weighted by atomic mass is 79.9. The van der Waals surface area contributed by atoms with Crippen molar-refractivity contribution in [1.82, 2.24) is 5.32 Å².